The Morgan fingerprint density at radius 1 is 1.06 bits per heavy atom. The predicted octanol–water partition coefficient (Wildman–Crippen LogP) is 6.63. The molecule has 2 aromatic carbocycles. The molecule has 0 bridgehead atoms. The predicted molar refractivity (Wildman–Crippen MR) is 124 cm³/mol. The maximum absolute atomic E-state index is 12.9. The van der Waals surface area contributed by atoms with Crippen molar-refractivity contribution >= 4 is 5.78 Å². The summed E-state index contributed by atoms with van der Waals surface area (Å²) in [5.41, 5.74) is 1.01. The van der Waals surface area contributed by atoms with Crippen LogP contribution in [-0.4, -0.2) is 30.3 Å². The fourth-order valence-corrected chi connectivity index (χ4v) is 4.11. The van der Waals surface area contributed by atoms with E-state index in [4.69, 9.17) is 4.74 Å². The SMILES string of the molecule is C/C=C\C(=C/C)C(=O)C1CCN(CC(Oc2ccc(C(F)(F)F)cc2)c2ccccc2)CC1. The molecule has 0 amide bonds. The number of halogens is 3. The van der Waals surface area contributed by atoms with Crippen LogP contribution in [0.1, 0.15) is 43.9 Å². The van der Waals surface area contributed by atoms with Gasteiger partial charge in [0.15, 0.2) is 5.78 Å². The lowest BCUT2D eigenvalue weighted by atomic mass is 9.88. The molecule has 1 aliphatic rings. The highest BCUT2D eigenvalue weighted by molar-refractivity contribution is 5.99. The highest BCUT2D eigenvalue weighted by atomic mass is 19.4. The fourth-order valence-electron chi connectivity index (χ4n) is 4.11. The molecule has 0 radical (unpaired) electrons. The van der Waals surface area contributed by atoms with Crippen molar-refractivity contribution in [3.63, 3.8) is 0 Å². The van der Waals surface area contributed by atoms with E-state index in [1.807, 2.05) is 62.4 Å². The summed E-state index contributed by atoms with van der Waals surface area (Å²) in [7, 11) is 0. The molecule has 176 valence electrons. The summed E-state index contributed by atoms with van der Waals surface area (Å²) in [5.74, 6) is 0.594. The Balaban J connectivity index is 1.67. The average Bonchev–Trinajstić information content (AvgIpc) is 2.82. The van der Waals surface area contributed by atoms with Gasteiger partial charge in [0.05, 0.1) is 5.56 Å². The van der Waals surface area contributed by atoms with Gasteiger partial charge in [0, 0.05) is 18.0 Å². The number of nitrogens with zero attached hydrogens (tertiary/aromatic N) is 1. The number of carbonyl (C=O) groups is 1. The van der Waals surface area contributed by atoms with Crippen LogP contribution in [0.15, 0.2) is 78.4 Å². The van der Waals surface area contributed by atoms with E-state index in [-0.39, 0.29) is 17.8 Å². The van der Waals surface area contributed by atoms with Gasteiger partial charge in [-0.1, -0.05) is 48.6 Å². The third-order valence-electron chi connectivity index (χ3n) is 5.96. The molecule has 0 N–H and O–H groups in total. The van der Waals surface area contributed by atoms with Crippen molar-refractivity contribution in [2.24, 2.45) is 5.92 Å². The van der Waals surface area contributed by atoms with Crippen LogP contribution in [-0.2, 0) is 11.0 Å². The van der Waals surface area contributed by atoms with E-state index in [0.717, 1.165) is 49.2 Å². The number of alkyl halides is 3. The Morgan fingerprint density at radius 3 is 2.24 bits per heavy atom. The lowest BCUT2D eigenvalue weighted by Crippen LogP contribution is -2.39. The molecule has 1 aliphatic heterocycles. The van der Waals surface area contributed by atoms with Gasteiger partial charge >= 0.3 is 6.18 Å². The Labute approximate surface area is 193 Å². The molecule has 1 atom stereocenters. The molecule has 3 rings (SSSR count). The number of piperidine rings is 1. The van der Waals surface area contributed by atoms with E-state index < -0.39 is 11.7 Å². The number of Topliss-reactive ketones (excluding diaryl/α,β-unsaturated/α-hetero) is 1. The molecule has 2 aromatic rings. The zero-order chi connectivity index (χ0) is 23.8. The summed E-state index contributed by atoms with van der Waals surface area (Å²) >= 11 is 0. The van der Waals surface area contributed by atoms with Crippen molar-refractivity contribution in [2.75, 3.05) is 19.6 Å². The molecule has 0 spiro atoms. The Kier molecular flexibility index (Phi) is 8.50. The molecule has 0 aliphatic carbocycles. The molecular formula is C27H30F3NO2. The average molecular weight is 458 g/mol. The molecule has 0 aromatic heterocycles. The molecule has 3 nitrogen and oxygen atoms in total. The first-order valence-electron chi connectivity index (χ1n) is 11.3. The van der Waals surface area contributed by atoms with Crippen molar-refractivity contribution in [3.8, 4) is 5.75 Å². The van der Waals surface area contributed by atoms with Crippen LogP contribution in [0.4, 0.5) is 13.2 Å². The molecule has 1 fully saturated rings. The topological polar surface area (TPSA) is 29.5 Å². The second-order valence-corrected chi connectivity index (χ2v) is 8.22. The van der Waals surface area contributed by atoms with E-state index in [9.17, 15) is 18.0 Å². The number of ether oxygens (including phenoxy) is 1. The van der Waals surface area contributed by atoms with Gasteiger partial charge in [-0.3, -0.25) is 9.69 Å². The van der Waals surface area contributed by atoms with Gasteiger partial charge in [0.1, 0.15) is 11.9 Å². The van der Waals surface area contributed by atoms with Gasteiger partial charge in [0.25, 0.3) is 0 Å². The summed E-state index contributed by atoms with van der Waals surface area (Å²) in [5, 5.41) is 0. The van der Waals surface area contributed by atoms with Crippen molar-refractivity contribution in [2.45, 2.75) is 39.0 Å². The normalized spacial score (nSPS) is 17.3. The lowest BCUT2D eigenvalue weighted by Gasteiger charge is -2.34. The van der Waals surface area contributed by atoms with Crippen molar-refractivity contribution in [3.05, 3.63) is 89.5 Å². The number of carbonyl (C=O) groups excluding carboxylic acids is 1. The summed E-state index contributed by atoms with van der Waals surface area (Å²) in [4.78, 5) is 15.0. The van der Waals surface area contributed by atoms with Crippen molar-refractivity contribution in [1.29, 1.82) is 0 Å². The van der Waals surface area contributed by atoms with Gasteiger partial charge in [0.2, 0.25) is 0 Å². The van der Waals surface area contributed by atoms with Crippen molar-refractivity contribution in [1.82, 2.24) is 4.90 Å². The largest absolute Gasteiger partial charge is 0.484 e. The maximum atomic E-state index is 12.9. The third kappa shape index (κ3) is 6.81. The minimum absolute atomic E-state index is 0.00894. The van der Waals surface area contributed by atoms with E-state index in [1.54, 1.807) is 0 Å². The van der Waals surface area contributed by atoms with Crippen LogP contribution in [0.25, 0.3) is 0 Å². The first-order valence-corrected chi connectivity index (χ1v) is 11.3. The van der Waals surface area contributed by atoms with Crippen LogP contribution in [0.3, 0.4) is 0 Å². The number of hydrogen-bond acceptors (Lipinski definition) is 3. The van der Waals surface area contributed by atoms with Gasteiger partial charge in [-0.25, -0.2) is 0 Å². The van der Waals surface area contributed by atoms with E-state index in [1.165, 1.54) is 12.1 Å². The molecule has 1 unspecified atom stereocenters. The van der Waals surface area contributed by atoms with Gasteiger partial charge in [-0.15, -0.1) is 0 Å². The molecule has 1 saturated heterocycles. The van der Waals surface area contributed by atoms with Crippen LogP contribution < -0.4 is 4.74 Å². The zero-order valence-electron chi connectivity index (χ0n) is 19.0. The van der Waals surface area contributed by atoms with Gasteiger partial charge in [-0.05, 0) is 69.6 Å². The molecular weight excluding hydrogens is 427 g/mol. The third-order valence-corrected chi connectivity index (χ3v) is 5.96. The number of rotatable bonds is 8. The minimum Gasteiger partial charge on any atom is -0.484 e. The van der Waals surface area contributed by atoms with Crippen LogP contribution in [0, 0.1) is 5.92 Å². The highest BCUT2D eigenvalue weighted by Crippen LogP contribution is 2.32. The van der Waals surface area contributed by atoms with Crippen molar-refractivity contribution < 1.29 is 22.7 Å². The Hall–Kier alpha value is -2.86. The summed E-state index contributed by atoms with van der Waals surface area (Å²) in [6.07, 6.45) is 2.44. The molecule has 0 saturated carbocycles. The summed E-state index contributed by atoms with van der Waals surface area (Å²) < 4.78 is 44.8. The van der Waals surface area contributed by atoms with Gasteiger partial charge < -0.3 is 4.74 Å². The van der Waals surface area contributed by atoms with Gasteiger partial charge in [-0.2, -0.15) is 13.2 Å². The number of ketones is 1. The van der Waals surface area contributed by atoms with E-state index in [0.29, 0.717) is 12.3 Å². The maximum Gasteiger partial charge on any atom is 0.416 e. The number of likely N-dealkylation sites (tertiary alicyclic amines) is 1. The molecule has 1 heterocycles. The van der Waals surface area contributed by atoms with Crippen LogP contribution in [0.5, 0.6) is 5.75 Å². The number of hydrogen-bond donors (Lipinski definition) is 0. The number of benzene rings is 2. The zero-order valence-corrected chi connectivity index (χ0v) is 19.0. The van der Waals surface area contributed by atoms with Crippen LogP contribution in [0.2, 0.25) is 0 Å². The summed E-state index contributed by atoms with van der Waals surface area (Å²) in [6.45, 7) is 5.91. The second kappa shape index (κ2) is 11.3. The standard InChI is InChI=1S/C27H30F3NO2/c1-3-8-20(4-2)26(32)22-15-17-31(18-16-22)19-25(21-9-6-5-7-10-21)33-24-13-11-23(12-14-24)27(28,29)30/h3-14,22,25H,15-19H2,1-2H3/b8-3-,20-4+. The Bertz CT molecular complexity index is 957. The first-order chi connectivity index (χ1) is 15.8. The quantitative estimate of drug-likeness (QED) is 0.329. The lowest BCUT2D eigenvalue weighted by molar-refractivity contribution is -0.137. The second-order valence-electron chi connectivity index (χ2n) is 8.22. The van der Waals surface area contributed by atoms with E-state index in [2.05, 4.69) is 4.90 Å². The monoisotopic (exact) mass is 457 g/mol. The van der Waals surface area contributed by atoms with E-state index >= 15 is 0 Å². The summed E-state index contributed by atoms with van der Waals surface area (Å²) in [6, 6.07) is 14.5. The Morgan fingerprint density at radius 2 is 1.70 bits per heavy atom. The molecule has 33 heavy (non-hydrogen) atoms. The molecule has 6 heteroatoms. The smallest absolute Gasteiger partial charge is 0.416 e. The highest BCUT2D eigenvalue weighted by Gasteiger charge is 2.31. The van der Waals surface area contributed by atoms with Crippen LogP contribution >= 0.6 is 0 Å². The minimum atomic E-state index is -4.38. The first kappa shape index (κ1) is 24.8. The number of allylic oxidation sites excluding steroid dienone is 4. The fraction of sp³-hybridized carbons (Fsp3) is 0.370.